The lowest BCUT2D eigenvalue weighted by Gasteiger charge is -2.15. The van der Waals surface area contributed by atoms with Crippen LogP contribution in [-0.4, -0.2) is 36.8 Å². The van der Waals surface area contributed by atoms with E-state index in [9.17, 15) is 9.18 Å². The van der Waals surface area contributed by atoms with Crippen molar-refractivity contribution in [2.24, 2.45) is 0 Å². The second kappa shape index (κ2) is 9.88. The molecule has 2 heterocycles. The minimum atomic E-state index is -0.875. The van der Waals surface area contributed by atoms with E-state index in [0.29, 0.717) is 35.3 Å². The lowest BCUT2D eigenvalue weighted by Crippen LogP contribution is -2.16. The number of methoxy groups -OCH3 is 2. The second-order valence-corrected chi connectivity index (χ2v) is 7.31. The molecule has 2 aromatic heterocycles. The highest BCUT2D eigenvalue weighted by Crippen LogP contribution is 2.35. The van der Waals surface area contributed by atoms with Crippen LogP contribution in [-0.2, 0) is 4.74 Å². The molecular formula is C25H23FN2O6. The SMILES string of the molecule is CCOC(C(=O)c1ccc(-c2cc(OC)c(F)c(OC)c2)o1)c1ccc(-c2nnc(C)o2)cc1. The topological polar surface area (TPSA) is 96.8 Å². The van der Waals surface area contributed by atoms with E-state index in [1.165, 1.54) is 26.4 Å². The van der Waals surface area contributed by atoms with Crippen LogP contribution in [0.2, 0.25) is 0 Å². The Hall–Kier alpha value is -3.98. The number of rotatable bonds is 9. The van der Waals surface area contributed by atoms with E-state index >= 15 is 0 Å². The largest absolute Gasteiger partial charge is 0.494 e. The summed E-state index contributed by atoms with van der Waals surface area (Å²) in [6.45, 7) is 3.84. The second-order valence-electron chi connectivity index (χ2n) is 7.31. The third kappa shape index (κ3) is 4.55. The molecule has 0 radical (unpaired) electrons. The van der Waals surface area contributed by atoms with Gasteiger partial charge in [-0.15, -0.1) is 10.2 Å². The molecule has 4 rings (SSSR count). The number of nitrogens with zero attached hydrogens (tertiary/aromatic N) is 2. The predicted molar refractivity (Wildman–Crippen MR) is 120 cm³/mol. The first-order chi connectivity index (χ1) is 16.4. The monoisotopic (exact) mass is 466 g/mol. The number of hydrogen-bond donors (Lipinski definition) is 0. The fourth-order valence-electron chi connectivity index (χ4n) is 3.47. The highest BCUT2D eigenvalue weighted by atomic mass is 19.1. The Labute approximate surface area is 195 Å². The van der Waals surface area contributed by atoms with Crippen molar-refractivity contribution in [3.8, 4) is 34.3 Å². The molecule has 2 aromatic carbocycles. The zero-order valence-corrected chi connectivity index (χ0v) is 19.1. The number of carbonyl (C=O) groups is 1. The molecule has 0 saturated carbocycles. The number of aryl methyl sites for hydroxylation is 1. The maximum absolute atomic E-state index is 14.3. The third-order valence-electron chi connectivity index (χ3n) is 5.14. The quantitative estimate of drug-likeness (QED) is 0.302. The van der Waals surface area contributed by atoms with Crippen molar-refractivity contribution in [2.75, 3.05) is 20.8 Å². The van der Waals surface area contributed by atoms with Crippen LogP contribution in [0, 0.1) is 12.7 Å². The fraction of sp³-hybridized carbons (Fsp3) is 0.240. The van der Waals surface area contributed by atoms with Gasteiger partial charge in [-0.05, 0) is 48.9 Å². The minimum absolute atomic E-state index is 0.00218. The van der Waals surface area contributed by atoms with Crippen molar-refractivity contribution >= 4 is 5.78 Å². The summed E-state index contributed by atoms with van der Waals surface area (Å²) in [6, 6.07) is 13.2. The molecule has 0 fully saturated rings. The smallest absolute Gasteiger partial charge is 0.247 e. The highest BCUT2D eigenvalue weighted by Gasteiger charge is 2.26. The van der Waals surface area contributed by atoms with Gasteiger partial charge >= 0.3 is 0 Å². The van der Waals surface area contributed by atoms with Crippen LogP contribution in [0.5, 0.6) is 11.5 Å². The number of furan rings is 1. The molecule has 1 unspecified atom stereocenters. The average Bonchev–Trinajstić information content (AvgIpc) is 3.52. The van der Waals surface area contributed by atoms with Gasteiger partial charge in [0.15, 0.2) is 17.3 Å². The van der Waals surface area contributed by atoms with Crippen LogP contribution in [0.4, 0.5) is 4.39 Å². The van der Waals surface area contributed by atoms with E-state index in [1.807, 2.05) is 0 Å². The minimum Gasteiger partial charge on any atom is -0.494 e. The van der Waals surface area contributed by atoms with Crippen LogP contribution in [0.1, 0.15) is 35.0 Å². The summed E-state index contributed by atoms with van der Waals surface area (Å²) in [4.78, 5) is 13.3. The van der Waals surface area contributed by atoms with Crippen LogP contribution >= 0.6 is 0 Å². The van der Waals surface area contributed by atoms with Gasteiger partial charge in [0.05, 0.1) is 14.2 Å². The molecular weight excluding hydrogens is 443 g/mol. The predicted octanol–water partition coefficient (Wildman–Crippen LogP) is 5.42. The molecule has 1 atom stereocenters. The Bertz CT molecular complexity index is 1270. The van der Waals surface area contributed by atoms with Gasteiger partial charge in [-0.3, -0.25) is 4.79 Å². The molecule has 0 bridgehead atoms. The Morgan fingerprint density at radius 2 is 1.65 bits per heavy atom. The van der Waals surface area contributed by atoms with Crippen molar-refractivity contribution in [3.05, 3.63) is 71.6 Å². The summed E-state index contributed by atoms with van der Waals surface area (Å²) in [6.07, 6.45) is -0.875. The summed E-state index contributed by atoms with van der Waals surface area (Å²) >= 11 is 0. The first-order valence-corrected chi connectivity index (χ1v) is 10.5. The van der Waals surface area contributed by atoms with Gasteiger partial charge in [0, 0.05) is 24.7 Å². The maximum Gasteiger partial charge on any atom is 0.247 e. The van der Waals surface area contributed by atoms with E-state index in [0.717, 1.165) is 5.56 Å². The third-order valence-corrected chi connectivity index (χ3v) is 5.14. The summed E-state index contributed by atoms with van der Waals surface area (Å²) in [5, 5.41) is 7.83. The van der Waals surface area contributed by atoms with Crippen molar-refractivity contribution in [1.29, 1.82) is 0 Å². The fourth-order valence-corrected chi connectivity index (χ4v) is 3.47. The molecule has 0 N–H and O–H groups in total. The lowest BCUT2D eigenvalue weighted by molar-refractivity contribution is 0.0429. The molecule has 34 heavy (non-hydrogen) atoms. The van der Waals surface area contributed by atoms with Gasteiger partial charge in [-0.25, -0.2) is 0 Å². The number of carbonyl (C=O) groups excluding carboxylic acids is 1. The summed E-state index contributed by atoms with van der Waals surface area (Å²) < 4.78 is 41.4. The molecule has 0 aliphatic rings. The molecule has 0 amide bonds. The normalized spacial score (nSPS) is 11.9. The molecule has 4 aromatic rings. The van der Waals surface area contributed by atoms with Crippen molar-refractivity contribution < 1.29 is 32.2 Å². The number of aromatic nitrogens is 2. The molecule has 0 spiro atoms. The van der Waals surface area contributed by atoms with Crippen molar-refractivity contribution in [3.63, 3.8) is 0 Å². The number of Topliss-reactive ketones (excluding diaryl/α,β-unsaturated/α-hetero) is 1. The number of benzene rings is 2. The van der Waals surface area contributed by atoms with Gasteiger partial charge in [-0.1, -0.05) is 12.1 Å². The Kier molecular flexibility index (Phi) is 6.74. The molecule has 0 aliphatic carbocycles. The van der Waals surface area contributed by atoms with Crippen LogP contribution < -0.4 is 9.47 Å². The Balaban J connectivity index is 1.61. The lowest BCUT2D eigenvalue weighted by atomic mass is 10.0. The van der Waals surface area contributed by atoms with E-state index in [-0.39, 0.29) is 23.0 Å². The number of ether oxygens (including phenoxy) is 3. The molecule has 8 nitrogen and oxygen atoms in total. The number of hydrogen-bond acceptors (Lipinski definition) is 8. The van der Waals surface area contributed by atoms with Gasteiger partial charge < -0.3 is 23.0 Å². The summed E-state index contributed by atoms with van der Waals surface area (Å²) in [5.74, 6) is 0.354. The van der Waals surface area contributed by atoms with E-state index in [1.54, 1.807) is 50.2 Å². The van der Waals surface area contributed by atoms with Crippen LogP contribution in [0.15, 0.2) is 57.4 Å². The van der Waals surface area contributed by atoms with E-state index in [4.69, 9.17) is 23.0 Å². The Morgan fingerprint density at radius 3 is 2.21 bits per heavy atom. The van der Waals surface area contributed by atoms with Gasteiger partial charge in [-0.2, -0.15) is 4.39 Å². The van der Waals surface area contributed by atoms with Gasteiger partial charge in [0.2, 0.25) is 23.4 Å². The van der Waals surface area contributed by atoms with Crippen molar-refractivity contribution in [1.82, 2.24) is 10.2 Å². The maximum atomic E-state index is 14.3. The standard InChI is InChI=1S/C25H23FN2O6/c1-5-32-24(15-6-8-16(9-7-15)25-28-27-14(2)33-25)23(29)19-11-10-18(34-19)17-12-20(30-3)22(26)21(13-17)31-4/h6-13,24H,5H2,1-4H3. The summed E-state index contributed by atoms with van der Waals surface area (Å²) in [5.41, 5.74) is 1.88. The van der Waals surface area contributed by atoms with Crippen molar-refractivity contribution in [2.45, 2.75) is 20.0 Å². The summed E-state index contributed by atoms with van der Waals surface area (Å²) in [7, 11) is 2.71. The van der Waals surface area contributed by atoms with Crippen LogP contribution in [0.25, 0.3) is 22.8 Å². The first kappa shape index (κ1) is 23.2. The van der Waals surface area contributed by atoms with E-state index < -0.39 is 11.9 Å². The molecule has 176 valence electrons. The number of halogens is 1. The number of ketones is 1. The van der Waals surface area contributed by atoms with Gasteiger partial charge in [0.1, 0.15) is 11.9 Å². The molecule has 0 saturated heterocycles. The first-order valence-electron chi connectivity index (χ1n) is 10.5. The molecule has 0 aliphatic heterocycles. The highest BCUT2D eigenvalue weighted by molar-refractivity contribution is 5.98. The van der Waals surface area contributed by atoms with Crippen LogP contribution in [0.3, 0.4) is 0 Å². The molecule has 9 heteroatoms. The Morgan fingerprint density at radius 1 is 0.971 bits per heavy atom. The van der Waals surface area contributed by atoms with Gasteiger partial charge in [0.25, 0.3) is 0 Å². The van der Waals surface area contributed by atoms with E-state index in [2.05, 4.69) is 10.2 Å². The zero-order valence-electron chi connectivity index (χ0n) is 19.1. The zero-order chi connectivity index (χ0) is 24.2. The average molecular weight is 466 g/mol.